The molecule has 0 aromatic heterocycles. The van der Waals surface area contributed by atoms with Gasteiger partial charge in [-0.3, -0.25) is 4.79 Å². The number of hydrogen-bond donors (Lipinski definition) is 2. The molecule has 2 atom stereocenters. The summed E-state index contributed by atoms with van der Waals surface area (Å²) in [6, 6.07) is 7.82. The number of halogens is 1. The third kappa shape index (κ3) is 5.73. The maximum Gasteiger partial charge on any atom is 0.220 e. The van der Waals surface area contributed by atoms with Crippen molar-refractivity contribution in [2.24, 2.45) is 5.92 Å². The van der Waals surface area contributed by atoms with Crippen molar-refractivity contribution in [1.29, 1.82) is 0 Å². The number of carbonyl (C=O) groups excluding carboxylic acids is 1. The van der Waals surface area contributed by atoms with E-state index in [4.69, 9.17) is 16.7 Å². The Morgan fingerprint density at radius 3 is 2.76 bits per heavy atom. The van der Waals surface area contributed by atoms with Gasteiger partial charge in [-0.05, 0) is 42.9 Å². The first-order valence-corrected chi connectivity index (χ1v) is 8.50. The summed E-state index contributed by atoms with van der Waals surface area (Å²) in [5.41, 5.74) is 0. The molecule has 1 amide bonds. The van der Waals surface area contributed by atoms with Crippen molar-refractivity contribution in [2.75, 3.05) is 12.4 Å². The largest absolute Gasteiger partial charge is 0.396 e. The monoisotopic (exact) mass is 325 g/mol. The minimum absolute atomic E-state index is 0.0820. The molecule has 0 radical (unpaired) electrons. The molecule has 5 heteroatoms. The highest BCUT2D eigenvalue weighted by atomic mass is 35.5. The molecule has 0 aliphatic heterocycles. The summed E-state index contributed by atoms with van der Waals surface area (Å²) in [6.07, 6.45) is 6.14. The number of aliphatic hydroxyl groups is 1. The zero-order valence-corrected chi connectivity index (χ0v) is 13.4. The Morgan fingerprint density at radius 2 is 2.10 bits per heavy atom. The lowest BCUT2D eigenvalue weighted by Gasteiger charge is -2.12. The van der Waals surface area contributed by atoms with Crippen molar-refractivity contribution in [1.82, 2.24) is 5.32 Å². The highest BCUT2D eigenvalue weighted by Gasteiger charge is 2.19. The summed E-state index contributed by atoms with van der Waals surface area (Å²) in [7, 11) is 0. The van der Waals surface area contributed by atoms with Gasteiger partial charge < -0.3 is 10.4 Å². The van der Waals surface area contributed by atoms with E-state index in [1.807, 2.05) is 36.4 Å². The molecule has 0 saturated carbocycles. The Labute approximate surface area is 134 Å². The molecule has 0 bridgehead atoms. The summed E-state index contributed by atoms with van der Waals surface area (Å²) in [5, 5.41) is 12.8. The fourth-order valence-electron chi connectivity index (χ4n) is 2.25. The molecule has 0 unspecified atom stereocenters. The van der Waals surface area contributed by atoms with E-state index in [2.05, 4.69) is 5.32 Å². The highest BCUT2D eigenvalue weighted by molar-refractivity contribution is 7.99. The Morgan fingerprint density at radius 1 is 1.33 bits per heavy atom. The van der Waals surface area contributed by atoms with Crippen LogP contribution in [-0.2, 0) is 4.79 Å². The molecule has 1 aromatic rings. The molecular weight excluding hydrogens is 306 g/mol. The molecule has 0 saturated heterocycles. The highest BCUT2D eigenvalue weighted by Crippen LogP contribution is 2.21. The molecule has 1 aliphatic rings. The minimum atomic E-state index is 0.0820. The van der Waals surface area contributed by atoms with Gasteiger partial charge in [-0.15, -0.1) is 11.8 Å². The molecular formula is C16H20ClNO2S. The van der Waals surface area contributed by atoms with Crippen LogP contribution >= 0.6 is 23.4 Å². The number of aliphatic hydroxyl groups excluding tert-OH is 1. The third-order valence-electron chi connectivity index (χ3n) is 3.38. The predicted octanol–water partition coefficient (Wildman–Crippen LogP) is 3.27. The maximum atomic E-state index is 11.8. The van der Waals surface area contributed by atoms with Gasteiger partial charge in [0.05, 0.1) is 0 Å². The molecule has 0 fully saturated rings. The van der Waals surface area contributed by atoms with E-state index in [0.29, 0.717) is 6.42 Å². The summed E-state index contributed by atoms with van der Waals surface area (Å²) >= 11 is 7.57. The van der Waals surface area contributed by atoms with E-state index in [9.17, 15) is 4.79 Å². The predicted molar refractivity (Wildman–Crippen MR) is 87.7 cm³/mol. The van der Waals surface area contributed by atoms with Crippen molar-refractivity contribution in [3.05, 3.63) is 41.4 Å². The van der Waals surface area contributed by atoms with Crippen molar-refractivity contribution >= 4 is 29.3 Å². The summed E-state index contributed by atoms with van der Waals surface area (Å²) in [5.74, 6) is 1.19. The van der Waals surface area contributed by atoms with E-state index in [-0.39, 0.29) is 24.5 Å². The van der Waals surface area contributed by atoms with Crippen LogP contribution in [0.5, 0.6) is 0 Å². The normalized spacial score (nSPS) is 20.7. The first-order valence-electron chi connectivity index (χ1n) is 7.14. The lowest BCUT2D eigenvalue weighted by atomic mass is 10.1. The van der Waals surface area contributed by atoms with Crippen LogP contribution in [0, 0.1) is 5.92 Å². The zero-order valence-electron chi connectivity index (χ0n) is 11.8. The van der Waals surface area contributed by atoms with Gasteiger partial charge in [0.25, 0.3) is 0 Å². The number of hydrogen-bond acceptors (Lipinski definition) is 3. The Balaban J connectivity index is 1.59. The third-order valence-corrected chi connectivity index (χ3v) is 4.73. The number of benzene rings is 1. The minimum Gasteiger partial charge on any atom is -0.396 e. The van der Waals surface area contributed by atoms with E-state index in [0.717, 1.165) is 23.6 Å². The summed E-state index contributed by atoms with van der Waals surface area (Å²) < 4.78 is 0. The summed E-state index contributed by atoms with van der Waals surface area (Å²) in [6.45, 7) is 0.153. The number of carbonyl (C=O) groups is 1. The van der Waals surface area contributed by atoms with Crippen LogP contribution in [0.2, 0.25) is 5.02 Å². The van der Waals surface area contributed by atoms with E-state index < -0.39 is 0 Å². The van der Waals surface area contributed by atoms with E-state index in [1.54, 1.807) is 11.8 Å². The van der Waals surface area contributed by atoms with Gasteiger partial charge in [-0.1, -0.05) is 23.8 Å². The maximum absolute atomic E-state index is 11.8. The van der Waals surface area contributed by atoms with E-state index in [1.165, 1.54) is 4.90 Å². The van der Waals surface area contributed by atoms with Crippen LogP contribution in [-0.4, -0.2) is 29.4 Å². The fraction of sp³-hybridized carbons (Fsp3) is 0.438. The van der Waals surface area contributed by atoms with Gasteiger partial charge >= 0.3 is 0 Å². The summed E-state index contributed by atoms with van der Waals surface area (Å²) in [4.78, 5) is 13.0. The zero-order chi connectivity index (χ0) is 15.1. The molecule has 21 heavy (non-hydrogen) atoms. The van der Waals surface area contributed by atoms with Crippen molar-refractivity contribution < 1.29 is 9.90 Å². The lowest BCUT2D eigenvalue weighted by Crippen LogP contribution is -2.32. The van der Waals surface area contributed by atoms with Crippen LogP contribution in [0.3, 0.4) is 0 Å². The van der Waals surface area contributed by atoms with E-state index >= 15 is 0 Å². The average Bonchev–Trinajstić information content (AvgIpc) is 2.93. The van der Waals surface area contributed by atoms with Crippen molar-refractivity contribution in [3.8, 4) is 0 Å². The Bertz CT molecular complexity index is 490. The second-order valence-corrected chi connectivity index (χ2v) is 6.75. The van der Waals surface area contributed by atoms with Gasteiger partial charge in [-0.2, -0.15) is 0 Å². The van der Waals surface area contributed by atoms with Gasteiger partial charge in [-0.25, -0.2) is 0 Å². The topological polar surface area (TPSA) is 49.3 Å². The van der Waals surface area contributed by atoms with Crippen LogP contribution < -0.4 is 5.32 Å². The van der Waals surface area contributed by atoms with Gasteiger partial charge in [0.2, 0.25) is 5.91 Å². The van der Waals surface area contributed by atoms with Gasteiger partial charge in [0, 0.05) is 34.9 Å². The molecule has 1 aromatic carbocycles. The molecule has 3 nitrogen and oxygen atoms in total. The van der Waals surface area contributed by atoms with Crippen molar-refractivity contribution in [2.45, 2.75) is 30.2 Å². The van der Waals surface area contributed by atoms with Crippen LogP contribution in [0.25, 0.3) is 0 Å². The molecule has 2 N–H and O–H groups in total. The number of thioether (sulfide) groups is 1. The van der Waals surface area contributed by atoms with Crippen molar-refractivity contribution in [3.63, 3.8) is 0 Å². The quantitative estimate of drug-likeness (QED) is 0.459. The second-order valence-electron chi connectivity index (χ2n) is 5.14. The van der Waals surface area contributed by atoms with Crippen LogP contribution in [0.1, 0.15) is 19.3 Å². The fourth-order valence-corrected chi connectivity index (χ4v) is 3.23. The first-order chi connectivity index (χ1) is 10.2. The standard InChI is InChI=1S/C16H20ClNO2S/c17-13-4-7-15(8-5-13)21-9-1-2-16(20)18-14-6-3-12(10-14)11-19/h3-8,12,14,19H,1-2,9-11H2,(H,18,20)/t12-,14+/m0/s1. The Hall–Kier alpha value is -0.970. The smallest absolute Gasteiger partial charge is 0.220 e. The Kier molecular flexibility index (Phi) is 6.61. The molecule has 114 valence electrons. The molecule has 1 aliphatic carbocycles. The first kappa shape index (κ1) is 16.4. The lowest BCUT2D eigenvalue weighted by molar-refractivity contribution is -0.121. The number of nitrogens with one attached hydrogen (secondary N) is 1. The number of amides is 1. The molecule has 2 rings (SSSR count). The van der Waals surface area contributed by atoms with Crippen LogP contribution in [0.4, 0.5) is 0 Å². The van der Waals surface area contributed by atoms with Crippen LogP contribution in [0.15, 0.2) is 41.3 Å². The van der Waals surface area contributed by atoms with Gasteiger partial charge in [0.15, 0.2) is 0 Å². The molecule has 0 heterocycles. The van der Waals surface area contributed by atoms with Gasteiger partial charge in [0.1, 0.15) is 0 Å². The second kappa shape index (κ2) is 8.47. The SMILES string of the molecule is O=C(CCCSc1ccc(Cl)cc1)N[C@@H]1C=C[C@H](CO)C1. The number of rotatable bonds is 7. The average molecular weight is 326 g/mol. The molecule has 0 spiro atoms.